The van der Waals surface area contributed by atoms with Crippen molar-refractivity contribution in [3.05, 3.63) is 86.0 Å². The van der Waals surface area contributed by atoms with Crippen LogP contribution in [0, 0.1) is 5.82 Å². The van der Waals surface area contributed by atoms with Crippen LogP contribution in [0.3, 0.4) is 0 Å². The number of nitrogens with zero attached hydrogens (tertiary/aromatic N) is 2. The second kappa shape index (κ2) is 9.06. The Hall–Kier alpha value is -3.29. The molecular formula is C20H10ClF10N3O. The van der Waals surface area contributed by atoms with Crippen molar-refractivity contribution in [2.24, 2.45) is 0 Å². The van der Waals surface area contributed by atoms with Crippen LogP contribution < -0.4 is 10.9 Å². The molecule has 1 N–H and O–H groups in total. The molecule has 15 heteroatoms. The minimum Gasteiger partial charge on any atom is -0.325 e. The Labute approximate surface area is 193 Å². The number of halogens is 11. The van der Waals surface area contributed by atoms with Crippen molar-refractivity contribution in [3.8, 4) is 0 Å². The third kappa shape index (κ3) is 5.86. The van der Waals surface area contributed by atoms with E-state index in [4.69, 9.17) is 11.6 Å². The Morgan fingerprint density at radius 2 is 1.46 bits per heavy atom. The molecule has 0 atom stereocenters. The van der Waals surface area contributed by atoms with E-state index in [1.807, 2.05) is 5.32 Å². The van der Waals surface area contributed by atoms with Crippen LogP contribution in [-0.4, -0.2) is 9.55 Å². The number of hydrogen-bond acceptors (Lipinski definition) is 3. The standard InChI is InChI=1S/C20H10ClF10N3O/c21-14-15(20(29,30)31)33-17(34(16(14)35)8-9-1-4-11(22)5-2-9)32-13-6-3-10(18(23,24)25)7-12(13)19(26,27)28/h1-7H,8H2,(H,32,33). The van der Waals surface area contributed by atoms with Crippen LogP contribution in [0.2, 0.25) is 5.02 Å². The molecule has 0 radical (unpaired) electrons. The zero-order valence-corrected chi connectivity index (χ0v) is 17.5. The molecule has 0 unspecified atom stereocenters. The normalized spacial score (nSPS) is 12.7. The highest BCUT2D eigenvalue weighted by Gasteiger charge is 2.40. The van der Waals surface area contributed by atoms with Gasteiger partial charge in [0.1, 0.15) is 10.8 Å². The molecule has 0 aliphatic rings. The molecule has 1 heterocycles. The van der Waals surface area contributed by atoms with Crippen molar-refractivity contribution < 1.29 is 43.9 Å². The molecular weight excluding hydrogens is 524 g/mol. The van der Waals surface area contributed by atoms with Gasteiger partial charge in [-0.05, 0) is 35.9 Å². The molecule has 188 valence electrons. The molecule has 35 heavy (non-hydrogen) atoms. The average Bonchev–Trinajstić information content (AvgIpc) is 2.72. The van der Waals surface area contributed by atoms with E-state index in [-0.39, 0.29) is 17.7 Å². The van der Waals surface area contributed by atoms with Gasteiger partial charge < -0.3 is 5.32 Å². The summed E-state index contributed by atoms with van der Waals surface area (Å²) in [6.45, 7) is -0.617. The number of aromatic nitrogens is 2. The highest BCUT2D eigenvalue weighted by atomic mass is 35.5. The van der Waals surface area contributed by atoms with Gasteiger partial charge in [-0.25, -0.2) is 9.37 Å². The molecule has 2 aromatic carbocycles. The maximum atomic E-state index is 13.5. The highest BCUT2D eigenvalue weighted by molar-refractivity contribution is 6.31. The fourth-order valence-electron chi connectivity index (χ4n) is 2.92. The minimum atomic E-state index is -5.37. The van der Waals surface area contributed by atoms with Crippen LogP contribution in [0.4, 0.5) is 55.5 Å². The first-order valence-corrected chi connectivity index (χ1v) is 9.53. The molecule has 0 bridgehead atoms. The Bertz CT molecular complexity index is 1300. The zero-order valence-electron chi connectivity index (χ0n) is 16.7. The SMILES string of the molecule is O=c1c(Cl)c(C(F)(F)F)nc(Nc2ccc(C(F)(F)F)cc2C(F)(F)F)n1Cc1ccc(F)cc1. The largest absolute Gasteiger partial charge is 0.435 e. The molecule has 1 aromatic heterocycles. The van der Waals surface area contributed by atoms with Gasteiger partial charge in [0.05, 0.1) is 23.4 Å². The molecule has 3 aromatic rings. The molecule has 0 amide bonds. The molecule has 0 aliphatic carbocycles. The van der Waals surface area contributed by atoms with Crippen LogP contribution in [-0.2, 0) is 25.1 Å². The van der Waals surface area contributed by atoms with Gasteiger partial charge in [-0.1, -0.05) is 23.7 Å². The molecule has 4 nitrogen and oxygen atoms in total. The van der Waals surface area contributed by atoms with Crippen molar-refractivity contribution in [1.82, 2.24) is 9.55 Å². The van der Waals surface area contributed by atoms with E-state index in [0.29, 0.717) is 10.6 Å². The summed E-state index contributed by atoms with van der Waals surface area (Å²) in [6, 6.07) is 4.52. The van der Waals surface area contributed by atoms with Gasteiger partial charge in [0, 0.05) is 0 Å². The first kappa shape index (κ1) is 26.3. The van der Waals surface area contributed by atoms with Crippen LogP contribution in [0.1, 0.15) is 22.4 Å². The van der Waals surface area contributed by atoms with Crippen molar-refractivity contribution >= 4 is 23.2 Å². The van der Waals surface area contributed by atoms with E-state index in [1.54, 1.807) is 0 Å². The monoisotopic (exact) mass is 533 g/mol. The first-order chi connectivity index (χ1) is 16.0. The fraction of sp³-hybridized carbons (Fsp3) is 0.200. The maximum absolute atomic E-state index is 13.5. The summed E-state index contributed by atoms with van der Waals surface area (Å²) in [5.41, 5.74) is -7.97. The number of hydrogen-bond donors (Lipinski definition) is 1. The van der Waals surface area contributed by atoms with E-state index in [1.165, 1.54) is 0 Å². The number of benzene rings is 2. The third-order valence-electron chi connectivity index (χ3n) is 4.54. The Morgan fingerprint density at radius 1 is 0.857 bits per heavy atom. The fourth-order valence-corrected chi connectivity index (χ4v) is 3.17. The lowest BCUT2D eigenvalue weighted by Gasteiger charge is -2.20. The van der Waals surface area contributed by atoms with Crippen LogP contribution >= 0.6 is 11.6 Å². The Kier molecular flexibility index (Phi) is 6.81. The topological polar surface area (TPSA) is 46.9 Å². The smallest absolute Gasteiger partial charge is 0.325 e. The molecule has 0 fully saturated rings. The van der Waals surface area contributed by atoms with Crippen molar-refractivity contribution in [2.75, 3.05) is 5.32 Å². The molecule has 0 saturated carbocycles. The van der Waals surface area contributed by atoms with Gasteiger partial charge in [-0.15, -0.1) is 0 Å². The molecule has 3 rings (SSSR count). The summed E-state index contributed by atoms with van der Waals surface area (Å²) >= 11 is 5.52. The molecule has 0 spiro atoms. The summed E-state index contributed by atoms with van der Waals surface area (Å²) in [6.07, 6.45) is -15.8. The number of rotatable bonds is 4. The lowest BCUT2D eigenvalue weighted by atomic mass is 10.1. The summed E-state index contributed by atoms with van der Waals surface area (Å²) in [5, 5.41) is 0.476. The van der Waals surface area contributed by atoms with E-state index in [0.717, 1.165) is 24.3 Å². The van der Waals surface area contributed by atoms with Gasteiger partial charge in [0.2, 0.25) is 5.95 Å². The minimum absolute atomic E-state index is 0.123. The predicted molar refractivity (Wildman–Crippen MR) is 104 cm³/mol. The van der Waals surface area contributed by atoms with Gasteiger partial charge in [-0.2, -0.15) is 39.5 Å². The lowest BCUT2D eigenvalue weighted by molar-refractivity contribution is -0.143. The quantitative estimate of drug-likeness (QED) is 0.372. The number of alkyl halides is 9. The number of anilines is 2. The van der Waals surface area contributed by atoms with E-state index in [2.05, 4.69) is 4.98 Å². The summed E-state index contributed by atoms with van der Waals surface area (Å²) in [4.78, 5) is 15.7. The summed E-state index contributed by atoms with van der Waals surface area (Å²) in [7, 11) is 0. The molecule has 0 saturated heterocycles. The summed E-state index contributed by atoms with van der Waals surface area (Å²) < 4.78 is 133. The van der Waals surface area contributed by atoms with Crippen LogP contribution in [0.25, 0.3) is 0 Å². The van der Waals surface area contributed by atoms with Crippen molar-refractivity contribution in [2.45, 2.75) is 25.1 Å². The van der Waals surface area contributed by atoms with Crippen molar-refractivity contribution in [1.29, 1.82) is 0 Å². The van der Waals surface area contributed by atoms with Gasteiger partial charge in [0.25, 0.3) is 5.56 Å². The van der Waals surface area contributed by atoms with Gasteiger partial charge in [0.15, 0.2) is 5.69 Å². The zero-order chi connectivity index (χ0) is 26.3. The third-order valence-corrected chi connectivity index (χ3v) is 4.88. The van der Waals surface area contributed by atoms with Gasteiger partial charge >= 0.3 is 18.5 Å². The molecule has 0 aliphatic heterocycles. The predicted octanol–water partition coefficient (Wildman–Crippen LogP) is 6.88. The van der Waals surface area contributed by atoms with E-state index >= 15 is 0 Å². The number of nitrogens with one attached hydrogen (secondary N) is 1. The highest BCUT2D eigenvalue weighted by Crippen LogP contribution is 2.40. The second-order valence-electron chi connectivity index (χ2n) is 6.99. The van der Waals surface area contributed by atoms with Crippen LogP contribution in [0.5, 0.6) is 0 Å². The van der Waals surface area contributed by atoms with E-state index in [9.17, 15) is 48.7 Å². The lowest BCUT2D eigenvalue weighted by Crippen LogP contribution is -2.29. The maximum Gasteiger partial charge on any atom is 0.435 e. The summed E-state index contributed by atoms with van der Waals surface area (Å²) in [5.74, 6) is -1.79. The Balaban J connectivity index is 2.22. The second-order valence-corrected chi connectivity index (χ2v) is 7.37. The van der Waals surface area contributed by atoms with Crippen molar-refractivity contribution in [3.63, 3.8) is 0 Å². The van der Waals surface area contributed by atoms with Gasteiger partial charge in [-0.3, -0.25) is 9.36 Å². The van der Waals surface area contributed by atoms with Crippen LogP contribution in [0.15, 0.2) is 47.3 Å². The average molecular weight is 534 g/mol. The van der Waals surface area contributed by atoms with E-state index < -0.39 is 69.9 Å². The Morgan fingerprint density at radius 3 is 1.97 bits per heavy atom. The first-order valence-electron chi connectivity index (χ1n) is 9.16.